The molecular weight excluding hydrogens is 256 g/mol. The molecule has 0 aromatic heterocycles. The summed E-state index contributed by atoms with van der Waals surface area (Å²) in [6.07, 6.45) is 0.0408. The highest BCUT2D eigenvalue weighted by Gasteiger charge is 2.40. The quantitative estimate of drug-likeness (QED) is 0.678. The maximum Gasteiger partial charge on any atom is 0.250 e. The molecule has 1 fully saturated rings. The van der Waals surface area contributed by atoms with Gasteiger partial charge in [-0.15, -0.1) is 0 Å². The largest absolute Gasteiger partial charge is 0.544 e. The molecule has 4 heteroatoms. The highest BCUT2D eigenvalue weighted by molar-refractivity contribution is 6.74. The van der Waals surface area contributed by atoms with Crippen molar-refractivity contribution in [3.8, 4) is 5.75 Å². The minimum Gasteiger partial charge on any atom is -0.544 e. The minimum atomic E-state index is -1.77. The molecule has 1 aromatic rings. The summed E-state index contributed by atoms with van der Waals surface area (Å²) in [5.41, 5.74) is 1.11. The Hall–Kier alpha value is -0.843. The molecule has 0 unspecified atom stereocenters. The Labute approximate surface area is 116 Å². The summed E-state index contributed by atoms with van der Waals surface area (Å²) in [4.78, 5) is 0. The van der Waals surface area contributed by atoms with Crippen molar-refractivity contribution in [1.82, 2.24) is 0 Å². The molecule has 106 valence electrons. The summed E-state index contributed by atoms with van der Waals surface area (Å²) in [7, 11) is -1.77. The third-order valence-corrected chi connectivity index (χ3v) is 8.51. The van der Waals surface area contributed by atoms with Gasteiger partial charge in [-0.3, -0.25) is 0 Å². The molecule has 2 atom stereocenters. The Morgan fingerprint density at radius 3 is 2.21 bits per heavy atom. The van der Waals surface area contributed by atoms with Gasteiger partial charge in [-0.2, -0.15) is 0 Å². The smallest absolute Gasteiger partial charge is 0.250 e. The Kier molecular flexibility index (Phi) is 3.77. The van der Waals surface area contributed by atoms with Crippen molar-refractivity contribution < 1.29 is 14.3 Å². The number of rotatable bonds is 4. The van der Waals surface area contributed by atoms with E-state index in [1.54, 1.807) is 0 Å². The van der Waals surface area contributed by atoms with Crippen LogP contribution >= 0.6 is 0 Å². The van der Waals surface area contributed by atoms with Gasteiger partial charge in [-0.05, 0) is 35.8 Å². The minimum absolute atomic E-state index is 0.0211. The molecule has 1 aliphatic heterocycles. The summed E-state index contributed by atoms with van der Waals surface area (Å²) in [6.45, 7) is 11.3. The molecule has 0 bridgehead atoms. The molecule has 2 rings (SSSR count). The Morgan fingerprint density at radius 2 is 1.79 bits per heavy atom. The van der Waals surface area contributed by atoms with E-state index in [2.05, 4.69) is 33.9 Å². The van der Waals surface area contributed by atoms with Gasteiger partial charge in [0.2, 0.25) is 8.32 Å². The monoisotopic (exact) mass is 280 g/mol. The zero-order chi connectivity index (χ0) is 14.3. The maximum atomic E-state index is 8.99. The van der Waals surface area contributed by atoms with Gasteiger partial charge < -0.3 is 14.3 Å². The maximum absolute atomic E-state index is 8.99. The number of hydrogen-bond donors (Lipinski definition) is 1. The van der Waals surface area contributed by atoms with Crippen LogP contribution in [-0.4, -0.2) is 26.1 Å². The van der Waals surface area contributed by atoms with E-state index in [4.69, 9.17) is 14.3 Å². The van der Waals surface area contributed by atoms with Gasteiger partial charge >= 0.3 is 0 Å². The summed E-state index contributed by atoms with van der Waals surface area (Å²) < 4.78 is 11.6. The lowest BCUT2D eigenvalue weighted by Gasteiger charge is -2.36. The average Bonchev–Trinajstić information content (AvgIpc) is 3.07. The van der Waals surface area contributed by atoms with Crippen LogP contribution in [0.1, 0.15) is 32.4 Å². The van der Waals surface area contributed by atoms with E-state index in [1.807, 2.05) is 24.3 Å². The van der Waals surface area contributed by atoms with Crippen LogP contribution in [0.15, 0.2) is 24.3 Å². The topological polar surface area (TPSA) is 42.0 Å². The van der Waals surface area contributed by atoms with E-state index in [-0.39, 0.29) is 23.9 Å². The van der Waals surface area contributed by atoms with Crippen LogP contribution in [0.2, 0.25) is 18.1 Å². The third kappa shape index (κ3) is 3.19. The Morgan fingerprint density at radius 1 is 1.21 bits per heavy atom. The summed E-state index contributed by atoms with van der Waals surface area (Å²) in [6, 6.07) is 8.07. The molecule has 1 aromatic carbocycles. The number of ether oxygens (including phenoxy) is 1. The molecule has 0 aliphatic carbocycles. The SMILES string of the molecule is CC(C)(C)[Si](C)(C)Oc1ccc([C@H]2O[C@H]2CO)cc1. The Balaban J connectivity index is 2.04. The van der Waals surface area contributed by atoms with E-state index in [0.717, 1.165) is 11.3 Å². The van der Waals surface area contributed by atoms with Crippen LogP contribution in [0.4, 0.5) is 0 Å². The Bertz CT molecular complexity index is 434. The molecule has 1 N–H and O–H groups in total. The second-order valence-corrected chi connectivity index (χ2v) is 11.4. The molecule has 0 amide bonds. The fraction of sp³-hybridized carbons (Fsp3) is 0.600. The first-order valence-corrected chi connectivity index (χ1v) is 9.71. The summed E-state index contributed by atoms with van der Waals surface area (Å²) in [5, 5.41) is 9.19. The van der Waals surface area contributed by atoms with Crippen LogP contribution in [0.3, 0.4) is 0 Å². The highest BCUT2D eigenvalue weighted by atomic mass is 28.4. The van der Waals surface area contributed by atoms with Crippen molar-refractivity contribution in [2.75, 3.05) is 6.61 Å². The van der Waals surface area contributed by atoms with Crippen molar-refractivity contribution >= 4 is 8.32 Å². The number of hydrogen-bond acceptors (Lipinski definition) is 3. The van der Waals surface area contributed by atoms with Crippen molar-refractivity contribution in [3.63, 3.8) is 0 Å². The molecule has 0 radical (unpaired) electrons. The van der Waals surface area contributed by atoms with Crippen molar-refractivity contribution in [1.29, 1.82) is 0 Å². The molecule has 19 heavy (non-hydrogen) atoms. The zero-order valence-electron chi connectivity index (χ0n) is 12.4. The fourth-order valence-electron chi connectivity index (χ4n) is 1.75. The number of aliphatic hydroxyl groups is 1. The first-order valence-electron chi connectivity index (χ1n) is 6.80. The van der Waals surface area contributed by atoms with Crippen LogP contribution in [0.25, 0.3) is 0 Å². The van der Waals surface area contributed by atoms with E-state index < -0.39 is 8.32 Å². The van der Waals surface area contributed by atoms with Gasteiger partial charge in [0.15, 0.2) is 0 Å². The summed E-state index contributed by atoms with van der Waals surface area (Å²) >= 11 is 0. The van der Waals surface area contributed by atoms with Crippen molar-refractivity contribution in [3.05, 3.63) is 29.8 Å². The lowest BCUT2D eigenvalue weighted by Crippen LogP contribution is -2.43. The standard InChI is InChI=1S/C15H24O3Si/c1-15(2,3)19(4,5)18-12-8-6-11(7-9-12)14-13(10-16)17-14/h6-9,13-14,16H,10H2,1-5H3/t13-,14+/m0/s1. The van der Waals surface area contributed by atoms with Gasteiger partial charge in [0.25, 0.3) is 0 Å². The molecule has 1 saturated heterocycles. The van der Waals surface area contributed by atoms with Gasteiger partial charge in [0, 0.05) is 0 Å². The predicted octanol–water partition coefficient (Wildman–Crippen LogP) is 3.50. The normalized spacial score (nSPS) is 23.3. The molecule has 1 heterocycles. The number of aliphatic hydroxyl groups excluding tert-OH is 1. The van der Waals surface area contributed by atoms with Gasteiger partial charge in [-0.25, -0.2) is 0 Å². The van der Waals surface area contributed by atoms with E-state index >= 15 is 0 Å². The van der Waals surface area contributed by atoms with Crippen LogP contribution in [-0.2, 0) is 4.74 Å². The molecule has 0 saturated carbocycles. The second kappa shape index (κ2) is 4.92. The van der Waals surface area contributed by atoms with Crippen LogP contribution in [0, 0.1) is 0 Å². The third-order valence-electron chi connectivity index (χ3n) is 4.15. The lowest BCUT2D eigenvalue weighted by atomic mass is 10.1. The molecule has 0 spiro atoms. The van der Waals surface area contributed by atoms with Crippen LogP contribution in [0.5, 0.6) is 5.75 Å². The van der Waals surface area contributed by atoms with E-state index in [0.29, 0.717) is 0 Å². The van der Waals surface area contributed by atoms with Crippen LogP contribution < -0.4 is 4.43 Å². The highest BCUT2D eigenvalue weighted by Crippen LogP contribution is 2.40. The van der Waals surface area contributed by atoms with Gasteiger partial charge in [-0.1, -0.05) is 32.9 Å². The van der Waals surface area contributed by atoms with E-state index in [1.165, 1.54) is 0 Å². The van der Waals surface area contributed by atoms with Crippen molar-refractivity contribution in [2.24, 2.45) is 0 Å². The van der Waals surface area contributed by atoms with Gasteiger partial charge in [0.05, 0.1) is 6.61 Å². The predicted molar refractivity (Wildman–Crippen MR) is 79.0 cm³/mol. The second-order valence-electron chi connectivity index (χ2n) is 6.71. The van der Waals surface area contributed by atoms with Crippen molar-refractivity contribution in [2.45, 2.75) is 51.1 Å². The lowest BCUT2D eigenvalue weighted by molar-refractivity contribution is 0.242. The van der Waals surface area contributed by atoms with Gasteiger partial charge in [0.1, 0.15) is 18.0 Å². The molecule has 3 nitrogen and oxygen atoms in total. The zero-order valence-corrected chi connectivity index (χ0v) is 13.4. The first-order chi connectivity index (χ1) is 8.74. The average molecular weight is 280 g/mol. The number of epoxide rings is 1. The molecular formula is C15H24O3Si. The van der Waals surface area contributed by atoms with E-state index in [9.17, 15) is 0 Å². The summed E-state index contributed by atoms with van der Waals surface area (Å²) in [5.74, 6) is 0.927. The molecule has 1 aliphatic rings. The fourth-order valence-corrected chi connectivity index (χ4v) is 2.78. The number of benzene rings is 1. The first kappa shape index (κ1) is 14.6.